The van der Waals surface area contributed by atoms with Crippen LogP contribution in [0.1, 0.15) is 44.4 Å². The summed E-state index contributed by atoms with van der Waals surface area (Å²) in [5, 5.41) is 3.57. The van der Waals surface area contributed by atoms with Gasteiger partial charge in [-0.3, -0.25) is 0 Å². The molecule has 1 aromatic rings. The van der Waals surface area contributed by atoms with Crippen molar-refractivity contribution in [3.8, 4) is 0 Å². The van der Waals surface area contributed by atoms with Gasteiger partial charge >= 0.3 is 0 Å². The lowest BCUT2D eigenvalue weighted by Gasteiger charge is -2.28. The van der Waals surface area contributed by atoms with Crippen LogP contribution < -0.4 is 5.32 Å². The summed E-state index contributed by atoms with van der Waals surface area (Å²) in [4.78, 5) is 0. The molecule has 2 unspecified atom stereocenters. The minimum atomic E-state index is 0.580. The molecule has 0 aliphatic rings. The maximum atomic E-state index is 3.57. The lowest BCUT2D eigenvalue weighted by molar-refractivity contribution is 0.292. The van der Waals surface area contributed by atoms with Gasteiger partial charge in [-0.1, -0.05) is 39.0 Å². The molecule has 0 spiro atoms. The molecule has 1 nitrogen and oxygen atoms in total. The van der Waals surface area contributed by atoms with Crippen LogP contribution in [-0.2, 0) is 6.42 Å². The average molecular weight is 247 g/mol. The predicted octanol–water partition coefficient (Wildman–Crippen LogP) is 4.12. The van der Waals surface area contributed by atoms with Crippen molar-refractivity contribution >= 4 is 0 Å². The highest BCUT2D eigenvalue weighted by atomic mass is 14.9. The second kappa shape index (κ2) is 6.94. The minimum Gasteiger partial charge on any atom is -0.314 e. The summed E-state index contributed by atoms with van der Waals surface area (Å²) in [7, 11) is 0. The van der Waals surface area contributed by atoms with Crippen molar-refractivity contribution in [3.05, 3.63) is 34.9 Å². The normalized spacial score (nSPS) is 14.8. The minimum absolute atomic E-state index is 0.580. The molecule has 0 aromatic heterocycles. The topological polar surface area (TPSA) is 12.0 Å². The molecular formula is C17H29N. The van der Waals surface area contributed by atoms with Gasteiger partial charge in [0.1, 0.15) is 0 Å². The summed E-state index contributed by atoms with van der Waals surface area (Å²) < 4.78 is 0. The van der Waals surface area contributed by atoms with Crippen LogP contribution in [0.25, 0.3) is 0 Å². The van der Waals surface area contributed by atoms with E-state index < -0.39 is 0 Å². The summed E-state index contributed by atoms with van der Waals surface area (Å²) in [6.45, 7) is 14.6. The van der Waals surface area contributed by atoms with Gasteiger partial charge in [0.15, 0.2) is 0 Å². The summed E-state index contributed by atoms with van der Waals surface area (Å²) >= 11 is 0. The number of aryl methyl sites for hydroxylation is 2. The summed E-state index contributed by atoms with van der Waals surface area (Å²) in [6.07, 6.45) is 1.17. The fraction of sp³-hybridized carbons (Fsp3) is 0.647. The molecule has 102 valence electrons. The SMILES string of the molecule is CCNC(C)C(Cc1ccc(C)c(C)c1)C(C)C. The van der Waals surface area contributed by atoms with Crippen molar-refractivity contribution in [2.75, 3.05) is 6.54 Å². The molecule has 1 N–H and O–H groups in total. The molecule has 0 aliphatic carbocycles. The molecule has 0 heterocycles. The lowest BCUT2D eigenvalue weighted by atomic mass is 9.83. The van der Waals surface area contributed by atoms with Crippen LogP contribution in [0.15, 0.2) is 18.2 Å². The van der Waals surface area contributed by atoms with Gasteiger partial charge in [0, 0.05) is 6.04 Å². The Bertz CT molecular complexity index is 368. The van der Waals surface area contributed by atoms with Gasteiger partial charge in [0.2, 0.25) is 0 Å². The Kier molecular flexibility index (Phi) is 5.87. The molecule has 18 heavy (non-hydrogen) atoms. The molecule has 0 bridgehead atoms. The molecule has 0 radical (unpaired) electrons. The zero-order valence-corrected chi connectivity index (χ0v) is 12.9. The Balaban J connectivity index is 2.79. The highest BCUT2D eigenvalue weighted by Gasteiger charge is 2.20. The summed E-state index contributed by atoms with van der Waals surface area (Å²) in [6, 6.07) is 7.47. The van der Waals surface area contributed by atoms with Crippen LogP contribution in [-0.4, -0.2) is 12.6 Å². The molecule has 1 heteroatoms. The van der Waals surface area contributed by atoms with E-state index in [9.17, 15) is 0 Å². The van der Waals surface area contributed by atoms with Crippen molar-refractivity contribution in [1.29, 1.82) is 0 Å². The number of hydrogen-bond donors (Lipinski definition) is 1. The van der Waals surface area contributed by atoms with E-state index in [0.29, 0.717) is 17.9 Å². The van der Waals surface area contributed by atoms with E-state index >= 15 is 0 Å². The van der Waals surface area contributed by atoms with E-state index in [1.165, 1.54) is 23.1 Å². The Morgan fingerprint density at radius 1 is 1.06 bits per heavy atom. The maximum absolute atomic E-state index is 3.57. The number of benzene rings is 1. The second-order valence-electron chi connectivity index (χ2n) is 5.88. The van der Waals surface area contributed by atoms with Gasteiger partial charge in [-0.15, -0.1) is 0 Å². The van der Waals surface area contributed by atoms with Gasteiger partial charge in [-0.05, 0) is 62.3 Å². The van der Waals surface area contributed by atoms with Crippen LogP contribution in [0.5, 0.6) is 0 Å². The highest BCUT2D eigenvalue weighted by molar-refractivity contribution is 5.30. The first-order valence-corrected chi connectivity index (χ1v) is 7.25. The van der Waals surface area contributed by atoms with Crippen LogP contribution in [0.3, 0.4) is 0 Å². The summed E-state index contributed by atoms with van der Waals surface area (Å²) in [5.74, 6) is 1.41. The third-order valence-corrected chi connectivity index (χ3v) is 4.07. The quantitative estimate of drug-likeness (QED) is 0.797. The van der Waals surface area contributed by atoms with Gasteiger partial charge < -0.3 is 5.32 Å². The standard InChI is InChI=1S/C17H29N/c1-7-18-15(6)17(12(2)3)11-16-9-8-13(4)14(5)10-16/h8-10,12,15,17-18H,7,11H2,1-6H3. The Hall–Kier alpha value is -0.820. The second-order valence-corrected chi connectivity index (χ2v) is 5.88. The van der Waals surface area contributed by atoms with Gasteiger partial charge in [0.05, 0.1) is 0 Å². The monoisotopic (exact) mass is 247 g/mol. The van der Waals surface area contributed by atoms with Crippen LogP contribution in [0, 0.1) is 25.7 Å². The fourth-order valence-corrected chi connectivity index (χ4v) is 2.67. The average Bonchev–Trinajstić information content (AvgIpc) is 2.30. The van der Waals surface area contributed by atoms with E-state index in [-0.39, 0.29) is 0 Å². The third kappa shape index (κ3) is 4.13. The van der Waals surface area contributed by atoms with Crippen molar-refractivity contribution in [2.24, 2.45) is 11.8 Å². The zero-order chi connectivity index (χ0) is 13.7. The molecular weight excluding hydrogens is 218 g/mol. The van der Waals surface area contributed by atoms with E-state index in [1.807, 2.05) is 0 Å². The van der Waals surface area contributed by atoms with Gasteiger partial charge in [0.25, 0.3) is 0 Å². The number of rotatable bonds is 6. The Labute approximate surface area is 113 Å². The van der Waals surface area contributed by atoms with Gasteiger partial charge in [-0.25, -0.2) is 0 Å². The Morgan fingerprint density at radius 3 is 2.22 bits per heavy atom. The fourth-order valence-electron chi connectivity index (χ4n) is 2.67. The largest absolute Gasteiger partial charge is 0.314 e. The lowest BCUT2D eigenvalue weighted by Crippen LogP contribution is -2.37. The molecule has 0 fully saturated rings. The number of nitrogens with one attached hydrogen (secondary N) is 1. The molecule has 0 saturated heterocycles. The van der Waals surface area contributed by atoms with Crippen molar-refractivity contribution in [1.82, 2.24) is 5.32 Å². The predicted molar refractivity (Wildman–Crippen MR) is 81.1 cm³/mol. The van der Waals surface area contributed by atoms with E-state index in [2.05, 4.69) is 65.1 Å². The van der Waals surface area contributed by atoms with Crippen molar-refractivity contribution in [2.45, 2.75) is 54.0 Å². The zero-order valence-electron chi connectivity index (χ0n) is 12.9. The van der Waals surface area contributed by atoms with Crippen LogP contribution >= 0.6 is 0 Å². The molecule has 1 rings (SSSR count). The molecule has 0 amide bonds. The smallest absolute Gasteiger partial charge is 0.00725 e. The van der Waals surface area contributed by atoms with Gasteiger partial charge in [-0.2, -0.15) is 0 Å². The van der Waals surface area contributed by atoms with Crippen molar-refractivity contribution < 1.29 is 0 Å². The molecule has 2 atom stereocenters. The Morgan fingerprint density at radius 2 is 1.72 bits per heavy atom. The van der Waals surface area contributed by atoms with E-state index in [0.717, 1.165) is 6.54 Å². The first kappa shape index (κ1) is 15.2. The highest BCUT2D eigenvalue weighted by Crippen LogP contribution is 2.22. The maximum Gasteiger partial charge on any atom is 0.00725 e. The third-order valence-electron chi connectivity index (χ3n) is 4.07. The van der Waals surface area contributed by atoms with E-state index in [4.69, 9.17) is 0 Å². The van der Waals surface area contributed by atoms with Crippen LogP contribution in [0.4, 0.5) is 0 Å². The van der Waals surface area contributed by atoms with Crippen molar-refractivity contribution in [3.63, 3.8) is 0 Å². The van der Waals surface area contributed by atoms with Crippen LogP contribution in [0.2, 0.25) is 0 Å². The molecule has 0 saturated carbocycles. The first-order chi connectivity index (χ1) is 8.45. The van der Waals surface area contributed by atoms with E-state index in [1.54, 1.807) is 0 Å². The molecule has 1 aromatic carbocycles. The summed E-state index contributed by atoms with van der Waals surface area (Å²) in [5.41, 5.74) is 4.27. The molecule has 0 aliphatic heterocycles. The number of hydrogen-bond acceptors (Lipinski definition) is 1. The first-order valence-electron chi connectivity index (χ1n) is 7.25.